The molecule has 0 aliphatic heterocycles. The van der Waals surface area contributed by atoms with Gasteiger partial charge in [0.1, 0.15) is 6.61 Å². The first-order valence-electron chi connectivity index (χ1n) is 8.37. The number of rotatable bonds is 9. The molecule has 2 aromatic carbocycles. The molecule has 0 amide bonds. The molecule has 2 atom stereocenters. The Hall–Kier alpha value is -2.65. The molecule has 0 bridgehead atoms. The molecular weight excluding hydrogens is 312 g/mol. The van der Waals surface area contributed by atoms with E-state index in [1.165, 1.54) is 0 Å². The molecule has 2 rings (SSSR count). The fourth-order valence-corrected chi connectivity index (χ4v) is 2.36. The standard InChI is InChI=1S/C22H24O3/c1-3-21(25-17-19-12-6-4-7-13-19)18(2)11-10-16-24-22(23)20-14-8-5-9-15-20/h3-15,18,21H,1,16-17H2,2H3/b11-10-/t18-,21+/m1/s1. The highest BCUT2D eigenvalue weighted by Crippen LogP contribution is 2.13. The van der Waals surface area contributed by atoms with E-state index in [9.17, 15) is 4.79 Å². The van der Waals surface area contributed by atoms with Crippen LogP contribution in [0.2, 0.25) is 0 Å². The van der Waals surface area contributed by atoms with Gasteiger partial charge >= 0.3 is 5.97 Å². The number of esters is 1. The van der Waals surface area contributed by atoms with Gasteiger partial charge in [-0.05, 0) is 17.7 Å². The Morgan fingerprint density at radius 2 is 1.72 bits per heavy atom. The second kappa shape index (κ2) is 10.3. The monoisotopic (exact) mass is 336 g/mol. The first-order chi connectivity index (χ1) is 12.2. The maximum absolute atomic E-state index is 11.8. The fraction of sp³-hybridized carbons (Fsp3) is 0.227. The molecule has 0 saturated heterocycles. The third-order valence-corrected chi connectivity index (χ3v) is 3.80. The summed E-state index contributed by atoms with van der Waals surface area (Å²) in [5.41, 5.74) is 1.68. The van der Waals surface area contributed by atoms with E-state index in [1.807, 2.05) is 67.6 Å². The van der Waals surface area contributed by atoms with Crippen molar-refractivity contribution in [3.8, 4) is 0 Å². The van der Waals surface area contributed by atoms with Crippen LogP contribution in [0.1, 0.15) is 22.8 Å². The Labute approximate surface area is 149 Å². The van der Waals surface area contributed by atoms with Gasteiger partial charge in [0.05, 0.1) is 18.3 Å². The Morgan fingerprint density at radius 3 is 2.36 bits per heavy atom. The molecule has 0 N–H and O–H groups in total. The van der Waals surface area contributed by atoms with Crippen molar-refractivity contribution < 1.29 is 14.3 Å². The Morgan fingerprint density at radius 1 is 1.08 bits per heavy atom. The molecule has 0 aromatic heterocycles. The number of carbonyl (C=O) groups is 1. The van der Waals surface area contributed by atoms with Crippen molar-refractivity contribution in [2.75, 3.05) is 6.61 Å². The number of hydrogen-bond donors (Lipinski definition) is 0. The van der Waals surface area contributed by atoms with Crippen LogP contribution in [0, 0.1) is 5.92 Å². The van der Waals surface area contributed by atoms with Crippen LogP contribution in [0.5, 0.6) is 0 Å². The highest BCUT2D eigenvalue weighted by Gasteiger charge is 2.12. The van der Waals surface area contributed by atoms with Crippen LogP contribution in [0.3, 0.4) is 0 Å². The summed E-state index contributed by atoms with van der Waals surface area (Å²) in [6.07, 6.45) is 5.53. The van der Waals surface area contributed by atoms with Gasteiger partial charge in [0, 0.05) is 5.92 Å². The predicted octanol–water partition coefficient (Wildman–Crippen LogP) is 4.81. The molecule has 0 fully saturated rings. The van der Waals surface area contributed by atoms with E-state index in [0.29, 0.717) is 12.2 Å². The molecule has 0 heterocycles. The molecule has 0 radical (unpaired) electrons. The van der Waals surface area contributed by atoms with E-state index < -0.39 is 0 Å². The molecule has 0 aliphatic carbocycles. The van der Waals surface area contributed by atoms with Crippen LogP contribution in [0.15, 0.2) is 85.5 Å². The minimum Gasteiger partial charge on any atom is -0.458 e. The van der Waals surface area contributed by atoms with E-state index in [4.69, 9.17) is 9.47 Å². The average Bonchev–Trinajstić information content (AvgIpc) is 2.67. The summed E-state index contributed by atoms with van der Waals surface area (Å²) in [6.45, 7) is 6.67. The number of hydrogen-bond acceptors (Lipinski definition) is 3. The van der Waals surface area contributed by atoms with Gasteiger partial charge in [0.25, 0.3) is 0 Å². The van der Waals surface area contributed by atoms with E-state index >= 15 is 0 Å². The number of ether oxygens (including phenoxy) is 2. The first kappa shape index (κ1) is 18.7. The van der Waals surface area contributed by atoms with E-state index in [1.54, 1.807) is 18.2 Å². The number of carbonyl (C=O) groups excluding carboxylic acids is 1. The molecular formula is C22H24O3. The summed E-state index contributed by atoms with van der Waals surface area (Å²) in [7, 11) is 0. The van der Waals surface area contributed by atoms with Crippen LogP contribution in [0.4, 0.5) is 0 Å². The molecule has 130 valence electrons. The Kier molecular flexibility index (Phi) is 7.67. The van der Waals surface area contributed by atoms with Crippen molar-refractivity contribution in [3.63, 3.8) is 0 Å². The molecule has 0 unspecified atom stereocenters. The lowest BCUT2D eigenvalue weighted by Crippen LogP contribution is -2.17. The zero-order valence-electron chi connectivity index (χ0n) is 14.5. The van der Waals surface area contributed by atoms with E-state index in [0.717, 1.165) is 5.56 Å². The zero-order chi connectivity index (χ0) is 17.9. The molecule has 0 saturated carbocycles. The van der Waals surface area contributed by atoms with Gasteiger partial charge in [-0.15, -0.1) is 6.58 Å². The predicted molar refractivity (Wildman–Crippen MR) is 100 cm³/mol. The van der Waals surface area contributed by atoms with Crippen molar-refractivity contribution in [2.45, 2.75) is 19.6 Å². The second-order valence-electron chi connectivity index (χ2n) is 5.75. The zero-order valence-corrected chi connectivity index (χ0v) is 14.5. The van der Waals surface area contributed by atoms with Crippen LogP contribution in [-0.4, -0.2) is 18.7 Å². The van der Waals surface area contributed by atoms with Crippen LogP contribution in [-0.2, 0) is 16.1 Å². The normalized spacial score (nSPS) is 13.3. The lowest BCUT2D eigenvalue weighted by molar-refractivity contribution is 0.0495. The topological polar surface area (TPSA) is 35.5 Å². The Balaban J connectivity index is 1.76. The molecule has 3 heteroatoms. The van der Waals surface area contributed by atoms with Crippen molar-refractivity contribution in [1.29, 1.82) is 0 Å². The van der Waals surface area contributed by atoms with E-state index in [2.05, 4.69) is 6.58 Å². The molecule has 0 aliphatic rings. The maximum atomic E-state index is 11.8. The summed E-state index contributed by atoms with van der Waals surface area (Å²) in [4.78, 5) is 11.8. The van der Waals surface area contributed by atoms with Gasteiger partial charge in [-0.25, -0.2) is 4.79 Å². The SMILES string of the molecule is C=C[C@H](OCc1ccccc1)[C@H](C)/C=C\COC(=O)c1ccccc1. The molecule has 25 heavy (non-hydrogen) atoms. The van der Waals surface area contributed by atoms with Crippen molar-refractivity contribution in [2.24, 2.45) is 5.92 Å². The third kappa shape index (κ3) is 6.40. The summed E-state index contributed by atoms with van der Waals surface area (Å²) in [6, 6.07) is 19.0. The van der Waals surface area contributed by atoms with Gasteiger partial charge < -0.3 is 9.47 Å². The second-order valence-corrected chi connectivity index (χ2v) is 5.75. The van der Waals surface area contributed by atoms with Crippen LogP contribution < -0.4 is 0 Å². The summed E-state index contributed by atoms with van der Waals surface area (Å²) >= 11 is 0. The van der Waals surface area contributed by atoms with Crippen LogP contribution in [0.25, 0.3) is 0 Å². The van der Waals surface area contributed by atoms with Crippen molar-refractivity contribution >= 4 is 5.97 Å². The minimum atomic E-state index is -0.321. The number of benzene rings is 2. The summed E-state index contributed by atoms with van der Waals surface area (Å²) < 4.78 is 11.1. The smallest absolute Gasteiger partial charge is 0.338 e. The van der Waals surface area contributed by atoms with Gasteiger partial charge in [-0.3, -0.25) is 0 Å². The minimum absolute atomic E-state index is 0.0960. The van der Waals surface area contributed by atoms with Gasteiger partial charge in [0.15, 0.2) is 0 Å². The maximum Gasteiger partial charge on any atom is 0.338 e. The lowest BCUT2D eigenvalue weighted by atomic mass is 10.0. The quantitative estimate of drug-likeness (QED) is 0.487. The fourth-order valence-electron chi connectivity index (χ4n) is 2.36. The first-order valence-corrected chi connectivity index (χ1v) is 8.37. The highest BCUT2D eigenvalue weighted by molar-refractivity contribution is 5.89. The summed E-state index contributed by atoms with van der Waals surface area (Å²) in [5, 5.41) is 0. The molecule has 2 aromatic rings. The van der Waals surface area contributed by atoms with Gasteiger partial charge in [-0.1, -0.05) is 73.7 Å². The van der Waals surface area contributed by atoms with Crippen molar-refractivity contribution in [3.05, 3.63) is 96.6 Å². The average molecular weight is 336 g/mol. The van der Waals surface area contributed by atoms with E-state index in [-0.39, 0.29) is 24.6 Å². The van der Waals surface area contributed by atoms with Gasteiger partial charge in [0.2, 0.25) is 0 Å². The van der Waals surface area contributed by atoms with Gasteiger partial charge in [-0.2, -0.15) is 0 Å². The lowest BCUT2D eigenvalue weighted by Gasteiger charge is -2.18. The molecule has 3 nitrogen and oxygen atoms in total. The highest BCUT2D eigenvalue weighted by atomic mass is 16.5. The summed E-state index contributed by atoms with van der Waals surface area (Å²) in [5.74, 6) is -0.185. The van der Waals surface area contributed by atoms with Crippen LogP contribution >= 0.6 is 0 Å². The Bertz CT molecular complexity index is 677. The van der Waals surface area contributed by atoms with Crippen molar-refractivity contribution in [1.82, 2.24) is 0 Å². The molecule has 0 spiro atoms. The third-order valence-electron chi connectivity index (χ3n) is 3.80. The largest absolute Gasteiger partial charge is 0.458 e.